The lowest BCUT2D eigenvalue weighted by Crippen LogP contribution is -2.40. The average Bonchev–Trinajstić information content (AvgIpc) is 2.94. The van der Waals surface area contributed by atoms with Crippen molar-refractivity contribution in [1.29, 1.82) is 0 Å². The number of hydrogen-bond acceptors (Lipinski definition) is 4. The van der Waals surface area contributed by atoms with E-state index in [2.05, 4.69) is 34.5 Å². The van der Waals surface area contributed by atoms with Gasteiger partial charge in [-0.15, -0.1) is 12.4 Å². The maximum Gasteiger partial charge on any atom is 0.271 e. The van der Waals surface area contributed by atoms with Gasteiger partial charge in [0.15, 0.2) is 0 Å². The molecule has 6 nitrogen and oxygen atoms in total. The first-order chi connectivity index (χ1) is 10.4. The largest absolute Gasteiger partial charge is 0.350 e. The first-order valence-corrected chi connectivity index (χ1v) is 8.06. The molecule has 0 aromatic carbocycles. The van der Waals surface area contributed by atoms with Gasteiger partial charge >= 0.3 is 0 Å². The summed E-state index contributed by atoms with van der Waals surface area (Å²) in [6.45, 7) is 7.88. The van der Waals surface area contributed by atoms with Crippen molar-refractivity contribution >= 4 is 18.3 Å². The van der Waals surface area contributed by atoms with Gasteiger partial charge in [-0.3, -0.25) is 9.48 Å². The second kappa shape index (κ2) is 8.66. The second-order valence-electron chi connectivity index (χ2n) is 7.27. The molecule has 1 fully saturated rings. The van der Waals surface area contributed by atoms with E-state index in [9.17, 15) is 4.79 Å². The van der Waals surface area contributed by atoms with Crippen LogP contribution in [0, 0.1) is 5.41 Å². The van der Waals surface area contributed by atoms with Crippen molar-refractivity contribution in [2.45, 2.75) is 32.7 Å². The number of rotatable bonds is 6. The summed E-state index contributed by atoms with van der Waals surface area (Å²) in [6, 6.07) is 2.17. The average molecular weight is 344 g/mol. The fourth-order valence-corrected chi connectivity index (χ4v) is 3.04. The van der Waals surface area contributed by atoms with Crippen molar-refractivity contribution in [3.05, 3.63) is 18.0 Å². The van der Waals surface area contributed by atoms with Gasteiger partial charge in [-0.2, -0.15) is 5.10 Å². The molecular formula is C16H30ClN5O. The van der Waals surface area contributed by atoms with Crippen LogP contribution in [0.4, 0.5) is 0 Å². The third-order valence-electron chi connectivity index (χ3n) is 3.96. The third kappa shape index (κ3) is 6.12. The number of carbonyl (C=O) groups is 1. The lowest BCUT2D eigenvalue weighted by atomic mass is 9.93. The number of nitrogens with zero attached hydrogens (tertiary/aromatic N) is 3. The van der Waals surface area contributed by atoms with E-state index in [1.807, 2.05) is 31.0 Å². The van der Waals surface area contributed by atoms with Crippen LogP contribution in [0.2, 0.25) is 0 Å². The van der Waals surface area contributed by atoms with Crippen LogP contribution in [-0.4, -0.2) is 60.9 Å². The Balaban J connectivity index is 0.00000264. The van der Waals surface area contributed by atoms with E-state index in [0.29, 0.717) is 18.3 Å². The summed E-state index contributed by atoms with van der Waals surface area (Å²) in [5.74, 6) is -0.0886. The van der Waals surface area contributed by atoms with Gasteiger partial charge < -0.3 is 15.5 Å². The summed E-state index contributed by atoms with van der Waals surface area (Å²) < 4.78 is 1.92. The molecule has 0 saturated carbocycles. The minimum absolute atomic E-state index is 0. The van der Waals surface area contributed by atoms with E-state index in [0.717, 1.165) is 32.5 Å². The topological polar surface area (TPSA) is 62.2 Å². The molecule has 1 aliphatic rings. The predicted molar refractivity (Wildman–Crippen MR) is 95.3 cm³/mol. The fourth-order valence-electron chi connectivity index (χ4n) is 3.04. The normalized spacial score (nSPS) is 18.6. The van der Waals surface area contributed by atoms with E-state index in [4.69, 9.17) is 0 Å². The Labute approximate surface area is 145 Å². The monoisotopic (exact) mass is 343 g/mol. The van der Waals surface area contributed by atoms with Gasteiger partial charge in [-0.05, 0) is 45.0 Å². The van der Waals surface area contributed by atoms with Crippen LogP contribution in [0.1, 0.15) is 43.2 Å². The third-order valence-corrected chi connectivity index (χ3v) is 3.96. The lowest BCUT2D eigenvalue weighted by Gasteiger charge is -2.28. The summed E-state index contributed by atoms with van der Waals surface area (Å²) in [5, 5.41) is 10.8. The molecule has 1 unspecified atom stereocenters. The molecule has 0 aliphatic carbocycles. The Morgan fingerprint density at radius 3 is 2.87 bits per heavy atom. The van der Waals surface area contributed by atoms with Crippen LogP contribution in [0.5, 0.6) is 0 Å². The SMILES string of the molecule is CN(C)CC(C)(C)CNC(=O)c1ccn(C2CCCNC2)n1.Cl. The quantitative estimate of drug-likeness (QED) is 0.822. The van der Waals surface area contributed by atoms with E-state index in [1.54, 1.807) is 0 Å². The number of amides is 1. The number of hydrogen-bond donors (Lipinski definition) is 2. The van der Waals surface area contributed by atoms with Crippen LogP contribution < -0.4 is 10.6 Å². The Morgan fingerprint density at radius 2 is 2.26 bits per heavy atom. The van der Waals surface area contributed by atoms with Gasteiger partial charge in [0.2, 0.25) is 0 Å². The highest BCUT2D eigenvalue weighted by Crippen LogP contribution is 2.16. The molecule has 1 aromatic heterocycles. The summed E-state index contributed by atoms with van der Waals surface area (Å²) in [6.07, 6.45) is 4.19. The van der Waals surface area contributed by atoms with Crippen molar-refractivity contribution in [1.82, 2.24) is 25.3 Å². The van der Waals surface area contributed by atoms with Crippen LogP contribution >= 0.6 is 12.4 Å². The molecule has 0 radical (unpaired) electrons. The van der Waals surface area contributed by atoms with Gasteiger partial charge in [0.05, 0.1) is 6.04 Å². The summed E-state index contributed by atoms with van der Waals surface area (Å²) in [7, 11) is 4.09. The maximum absolute atomic E-state index is 12.3. The molecule has 0 spiro atoms. The van der Waals surface area contributed by atoms with Crippen LogP contribution in [-0.2, 0) is 0 Å². The first-order valence-electron chi connectivity index (χ1n) is 8.06. The molecule has 1 aromatic rings. The Hall–Kier alpha value is -1.11. The number of aromatic nitrogens is 2. The zero-order chi connectivity index (χ0) is 16.2. The summed E-state index contributed by atoms with van der Waals surface area (Å²) in [5.41, 5.74) is 0.542. The van der Waals surface area contributed by atoms with Crippen molar-refractivity contribution in [2.75, 3.05) is 40.3 Å². The molecule has 2 N–H and O–H groups in total. The molecule has 1 aliphatic heterocycles. The predicted octanol–water partition coefficient (Wildman–Crippen LogP) is 1.55. The maximum atomic E-state index is 12.3. The zero-order valence-electron chi connectivity index (χ0n) is 14.6. The molecule has 2 heterocycles. The van der Waals surface area contributed by atoms with Crippen molar-refractivity contribution in [2.24, 2.45) is 5.41 Å². The summed E-state index contributed by atoms with van der Waals surface area (Å²) >= 11 is 0. The van der Waals surface area contributed by atoms with Crippen LogP contribution in [0.25, 0.3) is 0 Å². The van der Waals surface area contributed by atoms with Gasteiger partial charge in [-0.1, -0.05) is 13.8 Å². The number of carbonyl (C=O) groups excluding carboxylic acids is 1. The first kappa shape index (κ1) is 19.9. The highest BCUT2D eigenvalue weighted by atomic mass is 35.5. The van der Waals surface area contributed by atoms with Crippen molar-refractivity contribution < 1.29 is 4.79 Å². The fraction of sp³-hybridized carbons (Fsp3) is 0.750. The van der Waals surface area contributed by atoms with E-state index in [-0.39, 0.29) is 23.7 Å². The highest BCUT2D eigenvalue weighted by Gasteiger charge is 2.22. The zero-order valence-corrected chi connectivity index (χ0v) is 15.4. The van der Waals surface area contributed by atoms with E-state index < -0.39 is 0 Å². The second-order valence-corrected chi connectivity index (χ2v) is 7.27. The number of halogens is 1. The van der Waals surface area contributed by atoms with E-state index in [1.165, 1.54) is 0 Å². The molecular weight excluding hydrogens is 314 g/mol. The number of nitrogens with one attached hydrogen (secondary N) is 2. The molecule has 0 bridgehead atoms. The number of piperidine rings is 1. The lowest BCUT2D eigenvalue weighted by molar-refractivity contribution is 0.0923. The molecule has 2 rings (SSSR count). The van der Waals surface area contributed by atoms with Gasteiger partial charge in [-0.25, -0.2) is 0 Å². The Bertz CT molecular complexity index is 494. The standard InChI is InChI=1S/C16H29N5O.ClH/c1-16(2,12-20(3)4)11-18-15(22)14-7-9-21(19-14)13-6-5-8-17-10-13;/h7,9,13,17H,5-6,8,10-12H2,1-4H3,(H,18,22);1H. The van der Waals surface area contributed by atoms with Gasteiger partial charge in [0.25, 0.3) is 5.91 Å². The smallest absolute Gasteiger partial charge is 0.271 e. The van der Waals surface area contributed by atoms with Gasteiger partial charge in [0, 0.05) is 25.8 Å². The van der Waals surface area contributed by atoms with Crippen LogP contribution in [0.3, 0.4) is 0 Å². The van der Waals surface area contributed by atoms with Crippen molar-refractivity contribution in [3.63, 3.8) is 0 Å². The molecule has 132 valence electrons. The molecule has 1 atom stereocenters. The Morgan fingerprint density at radius 1 is 1.52 bits per heavy atom. The minimum atomic E-state index is -0.0886. The Kier molecular flexibility index (Phi) is 7.51. The highest BCUT2D eigenvalue weighted by molar-refractivity contribution is 5.92. The molecule has 1 saturated heterocycles. The van der Waals surface area contributed by atoms with Crippen LogP contribution in [0.15, 0.2) is 12.3 Å². The summed E-state index contributed by atoms with van der Waals surface area (Å²) in [4.78, 5) is 14.4. The molecule has 1 amide bonds. The van der Waals surface area contributed by atoms with Crippen molar-refractivity contribution in [3.8, 4) is 0 Å². The molecule has 7 heteroatoms. The minimum Gasteiger partial charge on any atom is -0.350 e. The van der Waals surface area contributed by atoms with E-state index >= 15 is 0 Å². The van der Waals surface area contributed by atoms with Gasteiger partial charge in [0.1, 0.15) is 5.69 Å². The molecule has 23 heavy (non-hydrogen) atoms.